The van der Waals surface area contributed by atoms with Crippen molar-refractivity contribution in [1.82, 2.24) is 0 Å². The molecule has 1 aromatic carbocycles. The van der Waals surface area contributed by atoms with Gasteiger partial charge in [0.1, 0.15) is 5.82 Å². The molecule has 0 aliphatic heterocycles. The minimum atomic E-state index is -0.586. The van der Waals surface area contributed by atoms with Crippen LogP contribution in [0.4, 0.5) is 14.9 Å². The summed E-state index contributed by atoms with van der Waals surface area (Å²) >= 11 is 0. The number of anilines is 1. The Balaban J connectivity index is 1.50. The topological polar surface area (TPSA) is 38.3 Å². The molecule has 1 amide bonds. The smallest absolute Gasteiger partial charge is 0.411 e. The number of carbonyl (C=O) groups excluding carboxylic acids is 1. The molecule has 2 aliphatic carbocycles. The van der Waals surface area contributed by atoms with Crippen LogP contribution in [0, 0.1) is 23.6 Å². The Morgan fingerprint density at radius 3 is 2.84 bits per heavy atom. The van der Waals surface area contributed by atoms with E-state index in [-0.39, 0.29) is 5.69 Å². The molecule has 2 bridgehead atoms. The molecule has 1 aromatic rings. The van der Waals surface area contributed by atoms with Crippen LogP contribution in [0.15, 0.2) is 36.4 Å². The van der Waals surface area contributed by atoms with Crippen LogP contribution in [0.1, 0.15) is 12.8 Å². The van der Waals surface area contributed by atoms with Gasteiger partial charge in [0.2, 0.25) is 0 Å². The lowest BCUT2D eigenvalue weighted by Crippen LogP contribution is -2.21. The van der Waals surface area contributed by atoms with Gasteiger partial charge < -0.3 is 4.74 Å². The Labute approximate surface area is 111 Å². The van der Waals surface area contributed by atoms with Gasteiger partial charge in [-0.05, 0) is 36.8 Å². The number of benzene rings is 1. The van der Waals surface area contributed by atoms with E-state index in [1.165, 1.54) is 18.6 Å². The quantitative estimate of drug-likeness (QED) is 0.844. The molecule has 4 heteroatoms. The number of hydrogen-bond donors (Lipinski definition) is 1. The predicted molar refractivity (Wildman–Crippen MR) is 70.2 cm³/mol. The lowest BCUT2D eigenvalue weighted by molar-refractivity contribution is 0.133. The first-order valence-corrected chi connectivity index (χ1v) is 6.59. The van der Waals surface area contributed by atoms with Crippen LogP contribution >= 0.6 is 0 Å². The second kappa shape index (κ2) is 5.03. The molecule has 1 saturated carbocycles. The van der Waals surface area contributed by atoms with E-state index in [1.807, 2.05) is 0 Å². The molecule has 0 aromatic heterocycles. The van der Waals surface area contributed by atoms with Gasteiger partial charge in [0, 0.05) is 5.92 Å². The summed E-state index contributed by atoms with van der Waals surface area (Å²) < 4.78 is 18.5. The lowest BCUT2D eigenvalue weighted by atomic mass is 9.95. The molecule has 2 aliphatic rings. The maximum absolute atomic E-state index is 13.3. The van der Waals surface area contributed by atoms with Crippen LogP contribution in [0.2, 0.25) is 0 Å². The summed E-state index contributed by atoms with van der Waals surface area (Å²) in [6.45, 7) is 0.409. The normalized spacial score (nSPS) is 27.5. The second-order valence-corrected chi connectivity index (χ2v) is 5.24. The second-order valence-electron chi connectivity index (χ2n) is 5.24. The Bertz CT molecular complexity index is 515. The minimum absolute atomic E-state index is 0.153. The van der Waals surface area contributed by atoms with E-state index in [9.17, 15) is 9.18 Å². The molecule has 0 saturated heterocycles. The fourth-order valence-corrected chi connectivity index (χ4v) is 2.98. The van der Waals surface area contributed by atoms with Crippen molar-refractivity contribution in [3.05, 3.63) is 42.2 Å². The summed E-state index contributed by atoms with van der Waals surface area (Å²) in [6, 6.07) is 6.06. The Kier molecular flexibility index (Phi) is 3.23. The average Bonchev–Trinajstić information content (AvgIpc) is 3.01. The molecular formula is C15H16FNO2. The number of nitrogens with one attached hydrogen (secondary N) is 1. The van der Waals surface area contributed by atoms with Gasteiger partial charge >= 0.3 is 6.09 Å². The molecule has 1 N–H and O–H groups in total. The third kappa shape index (κ3) is 2.62. The molecule has 100 valence electrons. The van der Waals surface area contributed by atoms with Gasteiger partial charge in [-0.3, -0.25) is 5.32 Å². The highest BCUT2D eigenvalue weighted by atomic mass is 19.1. The number of rotatable bonds is 3. The number of ether oxygens (including phenoxy) is 1. The number of para-hydroxylation sites is 1. The molecule has 0 spiro atoms. The molecule has 0 unspecified atom stereocenters. The number of allylic oxidation sites excluding steroid dienone is 2. The van der Waals surface area contributed by atoms with Gasteiger partial charge in [-0.15, -0.1) is 0 Å². The number of amides is 1. The van der Waals surface area contributed by atoms with E-state index in [0.29, 0.717) is 24.4 Å². The van der Waals surface area contributed by atoms with Crippen LogP contribution in [0.25, 0.3) is 0 Å². The zero-order valence-electron chi connectivity index (χ0n) is 10.5. The third-order valence-electron chi connectivity index (χ3n) is 3.96. The summed E-state index contributed by atoms with van der Waals surface area (Å²) in [5.41, 5.74) is 0.153. The van der Waals surface area contributed by atoms with Crippen LogP contribution in [0.3, 0.4) is 0 Å². The van der Waals surface area contributed by atoms with E-state index >= 15 is 0 Å². The van der Waals surface area contributed by atoms with Crippen molar-refractivity contribution in [2.75, 3.05) is 11.9 Å². The van der Waals surface area contributed by atoms with Gasteiger partial charge in [-0.25, -0.2) is 9.18 Å². The highest BCUT2D eigenvalue weighted by molar-refractivity contribution is 5.84. The first kappa shape index (κ1) is 12.2. The van der Waals surface area contributed by atoms with Crippen molar-refractivity contribution >= 4 is 11.8 Å². The van der Waals surface area contributed by atoms with Gasteiger partial charge in [0.15, 0.2) is 0 Å². The Hall–Kier alpha value is -1.84. The van der Waals surface area contributed by atoms with E-state index in [2.05, 4.69) is 17.5 Å². The van der Waals surface area contributed by atoms with Gasteiger partial charge in [0.05, 0.1) is 12.3 Å². The van der Waals surface area contributed by atoms with Gasteiger partial charge in [-0.2, -0.15) is 0 Å². The van der Waals surface area contributed by atoms with Crippen molar-refractivity contribution in [3.63, 3.8) is 0 Å². The standard InChI is InChI=1S/C15H16FNO2/c16-13-3-1-2-4-14(13)17-15(18)19-9-12-8-10-5-6-11(12)7-10/h1-6,10-12H,7-9H2,(H,17,18)/t10-,11+,12+/m1/s1. The first-order chi connectivity index (χ1) is 9.22. The van der Waals surface area contributed by atoms with Gasteiger partial charge in [-0.1, -0.05) is 24.3 Å². The summed E-state index contributed by atoms with van der Waals surface area (Å²) in [4.78, 5) is 11.6. The minimum Gasteiger partial charge on any atom is -0.449 e. The zero-order valence-corrected chi connectivity index (χ0v) is 10.5. The van der Waals surface area contributed by atoms with Crippen LogP contribution in [-0.2, 0) is 4.74 Å². The fourth-order valence-electron chi connectivity index (χ4n) is 2.98. The molecule has 1 fully saturated rings. The maximum atomic E-state index is 13.3. The van der Waals surface area contributed by atoms with E-state index in [0.717, 1.165) is 6.42 Å². The third-order valence-corrected chi connectivity index (χ3v) is 3.96. The molecule has 3 rings (SSSR count). The maximum Gasteiger partial charge on any atom is 0.411 e. The summed E-state index contributed by atoms with van der Waals surface area (Å²) in [6.07, 6.45) is 6.16. The van der Waals surface area contributed by atoms with Gasteiger partial charge in [0.25, 0.3) is 0 Å². The van der Waals surface area contributed by atoms with Crippen molar-refractivity contribution in [3.8, 4) is 0 Å². The molecule has 3 atom stereocenters. The average molecular weight is 261 g/mol. The molecule has 19 heavy (non-hydrogen) atoms. The summed E-state index contributed by atoms with van der Waals surface area (Å²) in [7, 11) is 0. The lowest BCUT2D eigenvalue weighted by Gasteiger charge is -2.17. The molecule has 0 radical (unpaired) electrons. The van der Waals surface area contributed by atoms with Crippen molar-refractivity contribution in [1.29, 1.82) is 0 Å². The summed E-state index contributed by atoms with van der Waals surface area (Å²) in [5.74, 6) is 1.17. The highest BCUT2D eigenvalue weighted by Crippen LogP contribution is 2.43. The first-order valence-electron chi connectivity index (χ1n) is 6.59. The number of fused-ring (bicyclic) bond motifs is 2. The number of carbonyl (C=O) groups is 1. The monoisotopic (exact) mass is 261 g/mol. The number of halogens is 1. The number of hydrogen-bond acceptors (Lipinski definition) is 2. The van der Waals surface area contributed by atoms with E-state index < -0.39 is 11.9 Å². The molecule has 0 heterocycles. The van der Waals surface area contributed by atoms with Crippen molar-refractivity contribution in [2.45, 2.75) is 12.8 Å². The SMILES string of the molecule is O=C(Nc1ccccc1F)OC[C@@H]1C[C@@H]2C=C[C@H]1C2. The van der Waals surface area contributed by atoms with Crippen LogP contribution < -0.4 is 5.32 Å². The van der Waals surface area contributed by atoms with Crippen molar-refractivity contribution < 1.29 is 13.9 Å². The summed E-state index contributed by atoms with van der Waals surface area (Å²) in [5, 5.41) is 2.42. The fraction of sp³-hybridized carbons (Fsp3) is 0.400. The van der Waals surface area contributed by atoms with Crippen LogP contribution in [-0.4, -0.2) is 12.7 Å². The molecular weight excluding hydrogens is 245 g/mol. The largest absolute Gasteiger partial charge is 0.449 e. The highest BCUT2D eigenvalue weighted by Gasteiger charge is 2.36. The Morgan fingerprint density at radius 2 is 2.16 bits per heavy atom. The van der Waals surface area contributed by atoms with Crippen molar-refractivity contribution in [2.24, 2.45) is 17.8 Å². The van der Waals surface area contributed by atoms with E-state index in [1.54, 1.807) is 12.1 Å². The Morgan fingerprint density at radius 1 is 1.32 bits per heavy atom. The van der Waals surface area contributed by atoms with E-state index in [4.69, 9.17) is 4.74 Å². The van der Waals surface area contributed by atoms with Crippen LogP contribution in [0.5, 0.6) is 0 Å². The molecule has 3 nitrogen and oxygen atoms in total. The predicted octanol–water partition coefficient (Wildman–Crippen LogP) is 3.59. The zero-order chi connectivity index (χ0) is 13.2.